The largest absolute Gasteiger partial charge is 1.00 e. The maximum absolute atomic E-state index is 12.4. The first-order chi connectivity index (χ1) is 13.5. The van der Waals surface area contributed by atoms with Crippen LogP contribution in [0.1, 0.15) is 12.0 Å². The Labute approximate surface area is 182 Å². The zero-order valence-electron chi connectivity index (χ0n) is 15.7. The Morgan fingerprint density at radius 1 is 1.10 bits per heavy atom. The van der Waals surface area contributed by atoms with E-state index in [1.54, 1.807) is 31.0 Å². The molecular formula is C20H21BrF2N2O3S. The average molecular weight is 487 g/mol. The van der Waals surface area contributed by atoms with Crippen LogP contribution in [0.4, 0.5) is 14.5 Å². The number of hydrogen-bond acceptors (Lipinski definition) is 5. The number of thioether (sulfide) groups is 1. The van der Waals surface area contributed by atoms with Gasteiger partial charge in [-0.1, -0.05) is 0 Å². The molecule has 0 saturated carbocycles. The van der Waals surface area contributed by atoms with Crippen LogP contribution in [0.25, 0.3) is 0 Å². The van der Waals surface area contributed by atoms with Crippen molar-refractivity contribution < 1.29 is 44.9 Å². The van der Waals surface area contributed by atoms with Gasteiger partial charge in [-0.25, -0.2) is 9.48 Å². The SMILES string of the molecule is COc1ccc(N2CC(O)(c3ccc(OC(F)F)cc3)[N+]3=C2SCCC3)cc1.[Br-]. The van der Waals surface area contributed by atoms with Crippen molar-refractivity contribution in [2.45, 2.75) is 18.8 Å². The summed E-state index contributed by atoms with van der Waals surface area (Å²) in [7, 11) is 1.62. The summed E-state index contributed by atoms with van der Waals surface area (Å²) in [6, 6.07) is 13.9. The van der Waals surface area contributed by atoms with Gasteiger partial charge in [0.15, 0.2) is 6.54 Å². The molecule has 9 heteroatoms. The highest BCUT2D eigenvalue weighted by molar-refractivity contribution is 8.13. The minimum absolute atomic E-state index is 0. The van der Waals surface area contributed by atoms with Crippen LogP contribution >= 0.6 is 11.8 Å². The molecule has 0 aromatic heterocycles. The highest BCUT2D eigenvalue weighted by atomic mass is 79.9. The van der Waals surface area contributed by atoms with Gasteiger partial charge in [-0.2, -0.15) is 8.78 Å². The number of β-amino-alcohol motifs (C(OH)–C–C–N with tert-alkyl or cyclic N) is 1. The van der Waals surface area contributed by atoms with Crippen molar-refractivity contribution in [3.8, 4) is 11.5 Å². The van der Waals surface area contributed by atoms with E-state index in [2.05, 4.69) is 9.64 Å². The van der Waals surface area contributed by atoms with Gasteiger partial charge in [0.1, 0.15) is 17.2 Å². The number of aliphatic hydroxyl groups is 1. The predicted molar refractivity (Wildman–Crippen MR) is 105 cm³/mol. The fraction of sp³-hybridized carbons (Fsp3) is 0.350. The lowest BCUT2D eigenvalue weighted by Gasteiger charge is -2.24. The number of benzene rings is 2. The fourth-order valence-electron chi connectivity index (χ4n) is 3.61. The molecular weight excluding hydrogens is 466 g/mol. The van der Waals surface area contributed by atoms with E-state index in [1.165, 1.54) is 12.1 Å². The molecule has 0 aliphatic carbocycles. The van der Waals surface area contributed by atoms with Crippen molar-refractivity contribution >= 4 is 22.6 Å². The molecule has 1 atom stereocenters. The van der Waals surface area contributed by atoms with Crippen LogP contribution in [-0.4, -0.2) is 47.4 Å². The second-order valence-corrected chi connectivity index (χ2v) is 7.70. The van der Waals surface area contributed by atoms with Gasteiger partial charge in [0.05, 0.1) is 13.7 Å². The lowest BCUT2D eigenvalue weighted by atomic mass is 10.0. The van der Waals surface area contributed by atoms with E-state index in [1.807, 2.05) is 28.8 Å². The summed E-state index contributed by atoms with van der Waals surface area (Å²) in [6.45, 7) is -1.80. The van der Waals surface area contributed by atoms with E-state index in [0.717, 1.165) is 35.3 Å². The van der Waals surface area contributed by atoms with Crippen LogP contribution in [-0.2, 0) is 5.72 Å². The van der Waals surface area contributed by atoms with Crippen molar-refractivity contribution in [1.82, 2.24) is 0 Å². The number of anilines is 1. The van der Waals surface area contributed by atoms with E-state index < -0.39 is 12.3 Å². The summed E-state index contributed by atoms with van der Waals surface area (Å²) in [5.41, 5.74) is 0.361. The summed E-state index contributed by atoms with van der Waals surface area (Å²) >= 11 is 1.71. The second kappa shape index (κ2) is 8.89. The van der Waals surface area contributed by atoms with Gasteiger partial charge in [-0.05, 0) is 66.7 Å². The summed E-state index contributed by atoms with van der Waals surface area (Å²) in [6.07, 6.45) is 0.958. The summed E-state index contributed by atoms with van der Waals surface area (Å²) in [4.78, 5) is 2.09. The molecule has 2 aromatic carbocycles. The Balaban J connectivity index is 0.00000240. The number of hydrogen-bond donors (Lipinski definition) is 1. The van der Waals surface area contributed by atoms with Crippen molar-refractivity contribution in [2.24, 2.45) is 0 Å². The topological polar surface area (TPSA) is 44.9 Å². The average Bonchev–Trinajstić information content (AvgIpc) is 3.02. The zero-order chi connectivity index (χ0) is 19.7. The third-order valence-corrected chi connectivity index (χ3v) is 6.16. The fourth-order valence-corrected chi connectivity index (χ4v) is 4.79. The van der Waals surface area contributed by atoms with Gasteiger partial charge in [0.2, 0.25) is 0 Å². The second-order valence-electron chi connectivity index (χ2n) is 6.64. The molecule has 0 spiro atoms. The molecule has 0 bridgehead atoms. The maximum Gasteiger partial charge on any atom is 0.387 e. The molecule has 2 aliphatic heterocycles. The van der Waals surface area contributed by atoms with Gasteiger partial charge < -0.3 is 31.6 Å². The molecule has 5 nitrogen and oxygen atoms in total. The standard InChI is InChI=1S/C20H21F2N2O3S.BrH/c1-26-16-9-5-15(6-10-16)23-13-20(25,24-11-2-12-28-19(23)24)14-3-7-17(8-4-14)27-18(21)22;/h3-10,18,25H,2,11-13H2,1H3;1H/q+1;/p-1. The lowest BCUT2D eigenvalue weighted by molar-refractivity contribution is -0.656. The Morgan fingerprint density at radius 2 is 1.76 bits per heavy atom. The predicted octanol–water partition coefficient (Wildman–Crippen LogP) is 0.471. The van der Waals surface area contributed by atoms with Crippen LogP contribution in [0.2, 0.25) is 0 Å². The van der Waals surface area contributed by atoms with Crippen molar-refractivity contribution in [3.05, 3.63) is 54.1 Å². The molecule has 0 radical (unpaired) electrons. The first-order valence-corrected chi connectivity index (χ1v) is 9.96. The van der Waals surface area contributed by atoms with Crippen LogP contribution in [0.3, 0.4) is 0 Å². The number of rotatable bonds is 5. The number of ether oxygens (including phenoxy) is 2. The quantitative estimate of drug-likeness (QED) is 0.622. The summed E-state index contributed by atoms with van der Waals surface area (Å²) in [5.74, 6) is 1.82. The number of alkyl halides is 2. The van der Waals surface area contributed by atoms with Crippen LogP contribution < -0.4 is 31.4 Å². The van der Waals surface area contributed by atoms with Crippen molar-refractivity contribution in [2.75, 3.05) is 30.9 Å². The number of amidine groups is 1. The lowest BCUT2D eigenvalue weighted by Crippen LogP contribution is -3.00. The van der Waals surface area contributed by atoms with E-state index in [4.69, 9.17) is 4.74 Å². The van der Waals surface area contributed by atoms with Gasteiger partial charge in [-0.15, -0.1) is 0 Å². The Kier molecular flexibility index (Phi) is 6.70. The van der Waals surface area contributed by atoms with Crippen LogP contribution in [0, 0.1) is 0 Å². The summed E-state index contributed by atoms with van der Waals surface area (Å²) < 4.78 is 36.5. The van der Waals surface area contributed by atoms with Gasteiger partial charge >= 0.3 is 11.8 Å². The third kappa shape index (κ3) is 4.22. The van der Waals surface area contributed by atoms with E-state index in [-0.39, 0.29) is 22.7 Å². The molecule has 0 amide bonds. The monoisotopic (exact) mass is 486 g/mol. The highest BCUT2D eigenvalue weighted by Gasteiger charge is 2.53. The minimum Gasteiger partial charge on any atom is -1.00 e. The molecule has 156 valence electrons. The van der Waals surface area contributed by atoms with Crippen LogP contribution in [0.15, 0.2) is 48.5 Å². The Bertz CT molecular complexity index is 880. The highest BCUT2D eigenvalue weighted by Crippen LogP contribution is 2.38. The normalized spacial score (nSPS) is 21.1. The van der Waals surface area contributed by atoms with Crippen molar-refractivity contribution in [3.63, 3.8) is 0 Å². The van der Waals surface area contributed by atoms with E-state index in [0.29, 0.717) is 12.1 Å². The van der Waals surface area contributed by atoms with Gasteiger partial charge in [-0.3, -0.25) is 0 Å². The van der Waals surface area contributed by atoms with Crippen LogP contribution in [0.5, 0.6) is 11.5 Å². The Morgan fingerprint density at radius 3 is 2.38 bits per heavy atom. The molecule has 0 fully saturated rings. The molecule has 0 saturated heterocycles. The zero-order valence-corrected chi connectivity index (χ0v) is 18.1. The maximum atomic E-state index is 12.4. The van der Waals surface area contributed by atoms with E-state index in [9.17, 15) is 13.9 Å². The molecule has 1 unspecified atom stereocenters. The number of nitrogens with zero attached hydrogens (tertiary/aromatic N) is 2. The summed E-state index contributed by atoms with van der Waals surface area (Å²) in [5, 5.41) is 12.6. The first-order valence-electron chi connectivity index (χ1n) is 8.98. The minimum atomic E-state index is -2.87. The van der Waals surface area contributed by atoms with Crippen molar-refractivity contribution in [1.29, 1.82) is 0 Å². The van der Waals surface area contributed by atoms with Gasteiger partial charge in [0.25, 0.3) is 5.72 Å². The number of halogens is 3. The number of methoxy groups -OCH3 is 1. The molecule has 2 aromatic rings. The smallest absolute Gasteiger partial charge is 0.387 e. The molecule has 4 rings (SSSR count). The van der Waals surface area contributed by atoms with Gasteiger partial charge in [0, 0.05) is 11.3 Å². The molecule has 2 aliphatic rings. The van der Waals surface area contributed by atoms with E-state index >= 15 is 0 Å². The molecule has 29 heavy (non-hydrogen) atoms. The third-order valence-electron chi connectivity index (χ3n) is 4.97. The Hall–Kier alpha value is -1.84. The molecule has 1 N–H and O–H groups in total. The first kappa shape index (κ1) is 21.9. The molecule has 2 heterocycles.